The van der Waals surface area contributed by atoms with Crippen LogP contribution in [0, 0.1) is 0 Å². The van der Waals surface area contributed by atoms with Gasteiger partial charge >= 0.3 is 5.97 Å². The average Bonchev–Trinajstić information content (AvgIpc) is 2.41. The topological polar surface area (TPSA) is 49.8 Å². The zero-order valence-corrected chi connectivity index (χ0v) is 10.4. The molecule has 0 saturated carbocycles. The molecule has 0 aromatic heterocycles. The zero-order valence-electron chi connectivity index (χ0n) is 10.4. The van der Waals surface area contributed by atoms with Gasteiger partial charge in [-0.05, 0) is 25.0 Å². The van der Waals surface area contributed by atoms with Crippen LogP contribution in [0.15, 0.2) is 30.3 Å². The molecule has 1 aliphatic rings. The van der Waals surface area contributed by atoms with E-state index < -0.39 is 5.97 Å². The number of ether oxygens (including phenoxy) is 1. The molecule has 1 aliphatic heterocycles. The summed E-state index contributed by atoms with van der Waals surface area (Å²) in [6, 6.07) is 10.3. The Kier molecular flexibility index (Phi) is 4.59. The second-order valence-electron chi connectivity index (χ2n) is 4.54. The summed E-state index contributed by atoms with van der Waals surface area (Å²) in [6.07, 6.45) is 2.26. The molecule has 1 fully saturated rings. The van der Waals surface area contributed by atoms with Crippen LogP contribution in [0.4, 0.5) is 5.69 Å². The van der Waals surface area contributed by atoms with Crippen LogP contribution in [0.2, 0.25) is 0 Å². The van der Waals surface area contributed by atoms with Crippen molar-refractivity contribution in [3.05, 3.63) is 30.3 Å². The van der Waals surface area contributed by atoms with Crippen molar-refractivity contribution in [2.45, 2.75) is 25.3 Å². The Morgan fingerprint density at radius 1 is 1.39 bits per heavy atom. The summed E-state index contributed by atoms with van der Waals surface area (Å²) in [6.45, 7) is 2.04. The third-order valence-electron chi connectivity index (χ3n) is 3.23. The van der Waals surface area contributed by atoms with Crippen LogP contribution < -0.4 is 4.90 Å². The number of benzene rings is 1. The number of hydrogen-bond donors (Lipinski definition) is 1. The maximum absolute atomic E-state index is 10.8. The van der Waals surface area contributed by atoms with Crippen molar-refractivity contribution in [1.29, 1.82) is 0 Å². The second-order valence-corrected chi connectivity index (χ2v) is 4.54. The fraction of sp³-hybridized carbons (Fsp3) is 0.500. The third-order valence-corrected chi connectivity index (χ3v) is 3.23. The molecule has 98 valence electrons. The van der Waals surface area contributed by atoms with E-state index >= 15 is 0 Å². The average molecular weight is 249 g/mol. The summed E-state index contributed by atoms with van der Waals surface area (Å²) in [4.78, 5) is 12.9. The predicted molar refractivity (Wildman–Crippen MR) is 69.9 cm³/mol. The minimum atomic E-state index is -0.757. The summed E-state index contributed by atoms with van der Waals surface area (Å²) in [5, 5.41) is 8.85. The normalized spacial score (nSPS) is 19.4. The van der Waals surface area contributed by atoms with Crippen LogP contribution in [-0.2, 0) is 9.53 Å². The Morgan fingerprint density at radius 2 is 2.17 bits per heavy atom. The van der Waals surface area contributed by atoms with Crippen molar-refractivity contribution in [1.82, 2.24) is 0 Å². The van der Waals surface area contributed by atoms with E-state index in [2.05, 4.69) is 4.90 Å². The fourth-order valence-corrected chi connectivity index (χ4v) is 2.33. The van der Waals surface area contributed by atoms with Gasteiger partial charge in [0.2, 0.25) is 0 Å². The summed E-state index contributed by atoms with van der Waals surface area (Å²) in [5.74, 6) is -0.757. The summed E-state index contributed by atoms with van der Waals surface area (Å²) in [7, 11) is 0. The van der Waals surface area contributed by atoms with Gasteiger partial charge in [-0.3, -0.25) is 4.79 Å². The zero-order chi connectivity index (χ0) is 12.8. The molecule has 4 nitrogen and oxygen atoms in total. The van der Waals surface area contributed by atoms with E-state index in [1.54, 1.807) is 0 Å². The van der Waals surface area contributed by atoms with Crippen molar-refractivity contribution in [3.63, 3.8) is 0 Å². The van der Waals surface area contributed by atoms with Crippen molar-refractivity contribution >= 4 is 11.7 Å². The van der Waals surface area contributed by atoms with Gasteiger partial charge in [0.25, 0.3) is 0 Å². The largest absolute Gasteiger partial charge is 0.481 e. The Hall–Kier alpha value is -1.55. The Labute approximate surface area is 107 Å². The number of hydrogen-bond acceptors (Lipinski definition) is 3. The molecule has 4 heteroatoms. The van der Waals surface area contributed by atoms with Crippen molar-refractivity contribution in [3.8, 4) is 0 Å². The molecule has 1 aromatic rings. The Morgan fingerprint density at radius 3 is 2.78 bits per heavy atom. The first kappa shape index (κ1) is 12.9. The van der Waals surface area contributed by atoms with E-state index in [0.29, 0.717) is 19.2 Å². The number of carbonyl (C=O) groups is 1. The van der Waals surface area contributed by atoms with Gasteiger partial charge in [0.1, 0.15) is 0 Å². The molecule has 1 atom stereocenters. The molecule has 18 heavy (non-hydrogen) atoms. The molecule has 2 rings (SSSR count). The standard InChI is InChI=1S/C14H19NO3/c16-14(17)8-9-15(12-5-2-1-3-6-12)13-7-4-10-18-11-13/h1-3,5-6,13H,4,7-11H2,(H,16,17). The lowest BCUT2D eigenvalue weighted by Gasteiger charge is -2.35. The molecule has 0 amide bonds. The molecule has 1 heterocycles. The highest BCUT2D eigenvalue weighted by molar-refractivity contribution is 5.67. The van der Waals surface area contributed by atoms with Gasteiger partial charge in [0.05, 0.1) is 19.1 Å². The van der Waals surface area contributed by atoms with E-state index in [4.69, 9.17) is 9.84 Å². The van der Waals surface area contributed by atoms with Crippen LogP contribution in [0.5, 0.6) is 0 Å². The van der Waals surface area contributed by atoms with Crippen molar-refractivity contribution in [2.24, 2.45) is 0 Å². The van der Waals surface area contributed by atoms with E-state index in [1.165, 1.54) is 0 Å². The van der Waals surface area contributed by atoms with Gasteiger partial charge in [-0.2, -0.15) is 0 Å². The van der Waals surface area contributed by atoms with Gasteiger partial charge in [-0.1, -0.05) is 18.2 Å². The summed E-state index contributed by atoms with van der Waals surface area (Å²) in [5.41, 5.74) is 1.08. The minimum absolute atomic E-state index is 0.158. The lowest BCUT2D eigenvalue weighted by molar-refractivity contribution is -0.136. The number of para-hydroxylation sites is 1. The van der Waals surface area contributed by atoms with Gasteiger partial charge < -0.3 is 14.7 Å². The first-order valence-electron chi connectivity index (χ1n) is 6.38. The third kappa shape index (κ3) is 3.47. The first-order chi connectivity index (χ1) is 8.77. The molecule has 0 radical (unpaired) electrons. The number of anilines is 1. The van der Waals surface area contributed by atoms with E-state index in [0.717, 1.165) is 25.1 Å². The molecule has 1 aromatic carbocycles. The molecule has 0 bridgehead atoms. The number of carboxylic acid groups (broad SMARTS) is 1. The van der Waals surface area contributed by atoms with Crippen LogP contribution in [0.3, 0.4) is 0 Å². The lowest BCUT2D eigenvalue weighted by atomic mass is 10.1. The summed E-state index contributed by atoms with van der Waals surface area (Å²) >= 11 is 0. The molecule has 0 spiro atoms. The first-order valence-corrected chi connectivity index (χ1v) is 6.38. The van der Waals surface area contributed by atoms with Crippen LogP contribution >= 0.6 is 0 Å². The molecular weight excluding hydrogens is 230 g/mol. The van der Waals surface area contributed by atoms with E-state index in [-0.39, 0.29) is 6.42 Å². The van der Waals surface area contributed by atoms with E-state index in [1.807, 2.05) is 30.3 Å². The highest BCUT2D eigenvalue weighted by Gasteiger charge is 2.22. The lowest BCUT2D eigenvalue weighted by Crippen LogP contribution is -2.42. The number of aliphatic carboxylic acids is 1. The van der Waals surface area contributed by atoms with Crippen LogP contribution in [0.1, 0.15) is 19.3 Å². The maximum Gasteiger partial charge on any atom is 0.305 e. The molecule has 1 N–H and O–H groups in total. The highest BCUT2D eigenvalue weighted by Crippen LogP contribution is 2.22. The predicted octanol–water partition coefficient (Wildman–Crippen LogP) is 2.15. The highest BCUT2D eigenvalue weighted by atomic mass is 16.5. The number of carboxylic acids is 1. The minimum Gasteiger partial charge on any atom is -0.481 e. The number of nitrogens with zero attached hydrogens (tertiary/aromatic N) is 1. The Balaban J connectivity index is 2.08. The number of rotatable bonds is 5. The Bertz CT molecular complexity index is 374. The van der Waals surface area contributed by atoms with Gasteiger partial charge in [0.15, 0.2) is 0 Å². The molecule has 1 unspecified atom stereocenters. The van der Waals surface area contributed by atoms with Gasteiger partial charge in [-0.25, -0.2) is 0 Å². The van der Waals surface area contributed by atoms with Crippen LogP contribution in [0.25, 0.3) is 0 Å². The molecule has 1 saturated heterocycles. The summed E-state index contributed by atoms with van der Waals surface area (Å²) < 4.78 is 5.50. The quantitative estimate of drug-likeness (QED) is 0.868. The monoisotopic (exact) mass is 249 g/mol. The SMILES string of the molecule is O=C(O)CCN(c1ccccc1)C1CCCOC1. The van der Waals surface area contributed by atoms with Crippen molar-refractivity contribution < 1.29 is 14.6 Å². The van der Waals surface area contributed by atoms with Gasteiger partial charge in [0, 0.05) is 18.8 Å². The molecule has 0 aliphatic carbocycles. The smallest absolute Gasteiger partial charge is 0.305 e. The second kappa shape index (κ2) is 6.40. The van der Waals surface area contributed by atoms with Crippen LogP contribution in [-0.4, -0.2) is 36.9 Å². The van der Waals surface area contributed by atoms with Crippen molar-refractivity contribution in [2.75, 3.05) is 24.7 Å². The van der Waals surface area contributed by atoms with E-state index in [9.17, 15) is 4.79 Å². The van der Waals surface area contributed by atoms with Gasteiger partial charge in [-0.15, -0.1) is 0 Å². The fourth-order valence-electron chi connectivity index (χ4n) is 2.33. The molecular formula is C14H19NO3. The maximum atomic E-state index is 10.8.